The quantitative estimate of drug-likeness (QED) is 0.801. The number of benzene rings is 2. The maximum Gasteiger partial charge on any atom is 0.129 e. The zero-order valence-corrected chi connectivity index (χ0v) is 11.8. The van der Waals surface area contributed by atoms with Gasteiger partial charge in [-0.3, -0.25) is 0 Å². The van der Waals surface area contributed by atoms with Crippen LogP contribution in [0.4, 0.5) is 4.39 Å². The second-order valence-electron chi connectivity index (χ2n) is 4.62. The van der Waals surface area contributed by atoms with Crippen LogP contribution >= 0.6 is 11.6 Å². The van der Waals surface area contributed by atoms with Gasteiger partial charge in [0.05, 0.1) is 17.4 Å². The summed E-state index contributed by atoms with van der Waals surface area (Å²) in [5, 5.41) is 4.57. The summed E-state index contributed by atoms with van der Waals surface area (Å²) in [5.41, 5.74) is 8.03. The van der Waals surface area contributed by atoms with Gasteiger partial charge in [0.2, 0.25) is 0 Å². The van der Waals surface area contributed by atoms with E-state index in [2.05, 4.69) is 5.10 Å². The highest BCUT2D eigenvalue weighted by molar-refractivity contribution is 6.31. The minimum Gasteiger partial charge on any atom is -0.319 e. The molecule has 0 amide bonds. The minimum absolute atomic E-state index is 0.275. The van der Waals surface area contributed by atoms with Crippen LogP contribution in [-0.4, -0.2) is 9.78 Å². The highest BCUT2D eigenvalue weighted by Gasteiger charge is 2.20. The maximum absolute atomic E-state index is 14.0. The van der Waals surface area contributed by atoms with Gasteiger partial charge in [-0.25, -0.2) is 9.07 Å². The van der Waals surface area contributed by atoms with Gasteiger partial charge in [0, 0.05) is 16.8 Å². The average molecular weight is 302 g/mol. The lowest BCUT2D eigenvalue weighted by atomic mass is 10.0. The average Bonchev–Trinajstić information content (AvgIpc) is 2.97. The molecule has 21 heavy (non-hydrogen) atoms. The van der Waals surface area contributed by atoms with Crippen molar-refractivity contribution in [3.05, 3.63) is 82.9 Å². The molecule has 2 N–H and O–H groups in total. The van der Waals surface area contributed by atoms with Gasteiger partial charge in [-0.05, 0) is 30.3 Å². The Bertz CT molecular complexity index is 735. The number of aromatic nitrogens is 2. The largest absolute Gasteiger partial charge is 0.319 e. The molecule has 3 aromatic rings. The SMILES string of the molecule is NC(c1c(F)cccc1Cl)c1ccnn1-c1ccccc1. The Hall–Kier alpha value is -2.17. The molecule has 0 bridgehead atoms. The molecule has 1 atom stereocenters. The summed E-state index contributed by atoms with van der Waals surface area (Å²) in [6.07, 6.45) is 1.64. The molecule has 106 valence electrons. The van der Waals surface area contributed by atoms with E-state index < -0.39 is 11.9 Å². The maximum atomic E-state index is 14.0. The Morgan fingerprint density at radius 3 is 2.52 bits per heavy atom. The van der Waals surface area contributed by atoms with Crippen molar-refractivity contribution >= 4 is 11.6 Å². The second kappa shape index (κ2) is 5.68. The third-order valence-corrected chi connectivity index (χ3v) is 3.63. The summed E-state index contributed by atoms with van der Waals surface area (Å²) in [5.74, 6) is -0.421. The first kappa shape index (κ1) is 13.8. The van der Waals surface area contributed by atoms with Crippen molar-refractivity contribution in [3.63, 3.8) is 0 Å². The summed E-state index contributed by atoms with van der Waals surface area (Å²) in [7, 11) is 0. The zero-order chi connectivity index (χ0) is 14.8. The van der Waals surface area contributed by atoms with Crippen LogP contribution in [0.2, 0.25) is 5.02 Å². The molecule has 2 aromatic carbocycles. The lowest BCUT2D eigenvalue weighted by Gasteiger charge is -2.16. The predicted octanol–water partition coefficient (Wildman–Crippen LogP) is 3.71. The molecule has 0 saturated carbocycles. The first-order valence-corrected chi connectivity index (χ1v) is 6.85. The summed E-state index contributed by atoms with van der Waals surface area (Å²) >= 11 is 6.09. The van der Waals surface area contributed by atoms with Gasteiger partial charge in [0.25, 0.3) is 0 Å². The smallest absolute Gasteiger partial charge is 0.129 e. The van der Waals surface area contributed by atoms with E-state index in [0.29, 0.717) is 10.7 Å². The van der Waals surface area contributed by atoms with Gasteiger partial charge in [0.1, 0.15) is 5.82 Å². The van der Waals surface area contributed by atoms with Gasteiger partial charge in [-0.15, -0.1) is 0 Å². The standard InChI is InChI=1S/C16H13ClFN3/c17-12-7-4-8-13(18)15(12)16(19)14-9-10-20-21(14)11-5-2-1-3-6-11/h1-10,16H,19H2. The number of halogens is 2. The number of nitrogens with two attached hydrogens (primary N) is 1. The molecule has 1 aromatic heterocycles. The van der Waals surface area contributed by atoms with Crippen molar-refractivity contribution in [1.29, 1.82) is 0 Å². The fourth-order valence-electron chi connectivity index (χ4n) is 2.29. The lowest BCUT2D eigenvalue weighted by molar-refractivity contribution is 0.593. The topological polar surface area (TPSA) is 43.8 Å². The third-order valence-electron chi connectivity index (χ3n) is 3.30. The zero-order valence-electron chi connectivity index (χ0n) is 11.1. The molecule has 1 heterocycles. The van der Waals surface area contributed by atoms with Gasteiger partial charge in [-0.2, -0.15) is 5.10 Å². The molecule has 0 aliphatic rings. The van der Waals surface area contributed by atoms with E-state index in [1.807, 2.05) is 30.3 Å². The first-order valence-electron chi connectivity index (χ1n) is 6.47. The van der Waals surface area contributed by atoms with Crippen molar-refractivity contribution < 1.29 is 4.39 Å². The van der Waals surface area contributed by atoms with Crippen LogP contribution in [0.15, 0.2) is 60.8 Å². The molecule has 0 radical (unpaired) electrons. The van der Waals surface area contributed by atoms with Crippen LogP contribution in [0.3, 0.4) is 0 Å². The Morgan fingerprint density at radius 1 is 1.05 bits per heavy atom. The normalized spacial score (nSPS) is 12.3. The Labute approximate surface area is 126 Å². The summed E-state index contributed by atoms with van der Waals surface area (Å²) in [4.78, 5) is 0. The highest BCUT2D eigenvalue weighted by atomic mass is 35.5. The lowest BCUT2D eigenvalue weighted by Crippen LogP contribution is -2.18. The van der Waals surface area contributed by atoms with Crippen LogP contribution in [-0.2, 0) is 0 Å². The summed E-state index contributed by atoms with van der Waals surface area (Å²) < 4.78 is 15.7. The van der Waals surface area contributed by atoms with Gasteiger partial charge in [-0.1, -0.05) is 35.9 Å². The number of rotatable bonds is 3. The van der Waals surface area contributed by atoms with E-state index in [0.717, 1.165) is 5.69 Å². The van der Waals surface area contributed by atoms with Crippen molar-refractivity contribution in [1.82, 2.24) is 9.78 Å². The van der Waals surface area contributed by atoms with E-state index in [4.69, 9.17) is 17.3 Å². The van der Waals surface area contributed by atoms with E-state index in [9.17, 15) is 4.39 Å². The Morgan fingerprint density at radius 2 is 1.81 bits per heavy atom. The Balaban J connectivity index is 2.08. The highest BCUT2D eigenvalue weighted by Crippen LogP contribution is 2.29. The number of nitrogens with zero attached hydrogens (tertiary/aromatic N) is 2. The fourth-order valence-corrected chi connectivity index (χ4v) is 2.57. The van der Waals surface area contributed by atoms with E-state index in [1.54, 1.807) is 29.1 Å². The first-order chi connectivity index (χ1) is 10.2. The summed E-state index contributed by atoms with van der Waals surface area (Å²) in [6, 6.07) is 15.2. The van der Waals surface area contributed by atoms with Gasteiger partial charge < -0.3 is 5.73 Å². The number of hydrogen-bond donors (Lipinski definition) is 1. The molecule has 5 heteroatoms. The van der Waals surface area contributed by atoms with Crippen LogP contribution < -0.4 is 5.73 Å². The predicted molar refractivity (Wildman–Crippen MR) is 81.0 cm³/mol. The summed E-state index contributed by atoms with van der Waals surface area (Å²) in [6.45, 7) is 0. The van der Waals surface area contributed by atoms with Crippen LogP contribution in [0.1, 0.15) is 17.3 Å². The van der Waals surface area contributed by atoms with Crippen LogP contribution in [0, 0.1) is 5.82 Å². The van der Waals surface area contributed by atoms with Crippen LogP contribution in [0.5, 0.6) is 0 Å². The van der Waals surface area contributed by atoms with E-state index >= 15 is 0 Å². The third kappa shape index (κ3) is 2.55. The molecule has 0 spiro atoms. The fraction of sp³-hybridized carbons (Fsp3) is 0.0625. The van der Waals surface area contributed by atoms with Crippen molar-refractivity contribution in [2.24, 2.45) is 5.73 Å². The number of para-hydroxylation sites is 1. The molecule has 0 aliphatic carbocycles. The molecule has 0 saturated heterocycles. The molecule has 1 unspecified atom stereocenters. The molecular formula is C16H13ClFN3. The molecule has 0 aliphatic heterocycles. The van der Waals surface area contributed by atoms with Crippen molar-refractivity contribution in [2.75, 3.05) is 0 Å². The molecular weight excluding hydrogens is 289 g/mol. The van der Waals surface area contributed by atoms with Gasteiger partial charge in [0.15, 0.2) is 0 Å². The van der Waals surface area contributed by atoms with Gasteiger partial charge >= 0.3 is 0 Å². The Kier molecular flexibility index (Phi) is 3.73. The van der Waals surface area contributed by atoms with E-state index in [-0.39, 0.29) is 5.56 Å². The second-order valence-corrected chi connectivity index (χ2v) is 5.02. The van der Waals surface area contributed by atoms with E-state index in [1.165, 1.54) is 6.07 Å². The molecule has 3 rings (SSSR count). The van der Waals surface area contributed by atoms with Crippen molar-refractivity contribution in [3.8, 4) is 5.69 Å². The van der Waals surface area contributed by atoms with Crippen LogP contribution in [0.25, 0.3) is 5.69 Å². The molecule has 0 fully saturated rings. The van der Waals surface area contributed by atoms with Crippen molar-refractivity contribution in [2.45, 2.75) is 6.04 Å². The monoisotopic (exact) mass is 301 g/mol. The minimum atomic E-state index is -0.693. The molecule has 3 nitrogen and oxygen atoms in total. The number of hydrogen-bond acceptors (Lipinski definition) is 2.